The number of rotatable bonds is 6. The van der Waals surface area contributed by atoms with E-state index in [0.717, 1.165) is 12.1 Å². The molecule has 1 aromatic heterocycles. The van der Waals surface area contributed by atoms with Gasteiger partial charge in [-0.05, 0) is 43.7 Å². The lowest BCUT2D eigenvalue weighted by atomic mass is 10.2. The van der Waals surface area contributed by atoms with Crippen LogP contribution in [0.2, 0.25) is 5.02 Å². The summed E-state index contributed by atoms with van der Waals surface area (Å²) in [7, 11) is 1.75. The van der Waals surface area contributed by atoms with Crippen LogP contribution >= 0.6 is 23.4 Å². The third-order valence-electron chi connectivity index (χ3n) is 4.43. The Morgan fingerprint density at radius 1 is 1.25 bits per heavy atom. The molecule has 146 valence electrons. The highest BCUT2D eigenvalue weighted by Crippen LogP contribution is 2.26. The van der Waals surface area contributed by atoms with Gasteiger partial charge in [0.25, 0.3) is 5.56 Å². The van der Waals surface area contributed by atoms with E-state index < -0.39 is 5.25 Å². The van der Waals surface area contributed by atoms with E-state index in [1.165, 1.54) is 11.8 Å². The normalized spacial score (nSPS) is 12.1. The summed E-state index contributed by atoms with van der Waals surface area (Å²) in [5, 5.41) is 1.18. The molecule has 0 unspecified atom stereocenters. The molecule has 5 nitrogen and oxygen atoms in total. The Morgan fingerprint density at radius 2 is 1.96 bits per heavy atom. The van der Waals surface area contributed by atoms with Gasteiger partial charge in [0.2, 0.25) is 5.91 Å². The number of carbonyl (C=O) groups excluding carboxylic acids is 1. The van der Waals surface area contributed by atoms with Crippen LogP contribution in [-0.4, -0.2) is 27.8 Å². The molecule has 0 radical (unpaired) electrons. The first kappa shape index (κ1) is 20.4. The van der Waals surface area contributed by atoms with Crippen LogP contribution in [-0.2, 0) is 11.3 Å². The molecule has 3 rings (SSSR count). The first-order valence-electron chi connectivity index (χ1n) is 9.11. The van der Waals surface area contributed by atoms with Crippen LogP contribution in [0, 0.1) is 0 Å². The first-order valence-corrected chi connectivity index (χ1v) is 10.4. The lowest BCUT2D eigenvalue weighted by molar-refractivity contribution is -0.117. The van der Waals surface area contributed by atoms with Crippen molar-refractivity contribution in [2.75, 3.05) is 11.9 Å². The van der Waals surface area contributed by atoms with Crippen LogP contribution in [0.15, 0.2) is 58.5 Å². The second-order valence-electron chi connectivity index (χ2n) is 6.51. The van der Waals surface area contributed by atoms with Crippen molar-refractivity contribution in [2.24, 2.45) is 0 Å². The number of amides is 1. The molecule has 2 aromatic carbocycles. The van der Waals surface area contributed by atoms with Crippen molar-refractivity contribution in [1.29, 1.82) is 0 Å². The van der Waals surface area contributed by atoms with Gasteiger partial charge in [-0.2, -0.15) is 0 Å². The Bertz CT molecular complexity index is 1050. The summed E-state index contributed by atoms with van der Waals surface area (Å²) in [6.07, 6.45) is 0.792. The maximum Gasteiger partial charge on any atom is 0.262 e. The van der Waals surface area contributed by atoms with Gasteiger partial charge in [0, 0.05) is 24.3 Å². The largest absolute Gasteiger partial charge is 0.315 e. The Hall–Kier alpha value is -2.31. The molecule has 0 aliphatic carbocycles. The summed E-state index contributed by atoms with van der Waals surface area (Å²) < 4.78 is 1.65. The minimum absolute atomic E-state index is 0.0558. The molecular formula is C21H22ClN3O2S. The van der Waals surface area contributed by atoms with Crippen LogP contribution in [0.3, 0.4) is 0 Å². The van der Waals surface area contributed by atoms with Gasteiger partial charge in [-0.25, -0.2) is 4.98 Å². The number of nitrogens with zero attached hydrogens (tertiary/aromatic N) is 3. The van der Waals surface area contributed by atoms with E-state index in [9.17, 15) is 9.59 Å². The number of hydrogen-bond donors (Lipinski definition) is 0. The van der Waals surface area contributed by atoms with Crippen molar-refractivity contribution < 1.29 is 4.79 Å². The van der Waals surface area contributed by atoms with Crippen molar-refractivity contribution in [2.45, 2.75) is 37.2 Å². The zero-order valence-electron chi connectivity index (χ0n) is 16.1. The Balaban J connectivity index is 1.95. The molecule has 3 aromatic rings. The van der Waals surface area contributed by atoms with Crippen LogP contribution < -0.4 is 10.5 Å². The van der Waals surface area contributed by atoms with E-state index in [4.69, 9.17) is 11.6 Å². The van der Waals surface area contributed by atoms with Crippen LogP contribution in [0.1, 0.15) is 20.3 Å². The van der Waals surface area contributed by atoms with E-state index >= 15 is 0 Å². The third-order valence-corrected chi connectivity index (χ3v) is 5.75. The van der Waals surface area contributed by atoms with E-state index in [-0.39, 0.29) is 11.5 Å². The summed E-state index contributed by atoms with van der Waals surface area (Å²) in [6, 6.07) is 14.5. The average molecular weight is 416 g/mol. The molecule has 0 N–H and O–H groups in total. The Morgan fingerprint density at radius 3 is 2.64 bits per heavy atom. The fourth-order valence-corrected chi connectivity index (χ4v) is 4.14. The monoisotopic (exact) mass is 415 g/mol. The van der Waals surface area contributed by atoms with Gasteiger partial charge in [-0.15, -0.1) is 0 Å². The van der Waals surface area contributed by atoms with Gasteiger partial charge in [-0.1, -0.05) is 48.5 Å². The summed E-state index contributed by atoms with van der Waals surface area (Å²) in [6.45, 7) is 4.38. The molecule has 0 bridgehead atoms. The minimum Gasteiger partial charge on any atom is -0.315 e. The maximum atomic E-state index is 12.9. The molecule has 0 saturated carbocycles. The van der Waals surface area contributed by atoms with Crippen molar-refractivity contribution in [3.8, 4) is 0 Å². The van der Waals surface area contributed by atoms with Gasteiger partial charge in [-0.3, -0.25) is 14.2 Å². The number of benzene rings is 2. The standard InChI is InChI=1S/C21H22ClN3O2S/c1-4-12-25-20(27)17-11-10-15(22)13-18(17)23-21(25)28-14(2)19(26)24(3)16-8-6-5-7-9-16/h5-11,13-14H,4,12H2,1-3H3/t14-/m0/s1. The quantitative estimate of drug-likeness (QED) is 0.436. The fourth-order valence-electron chi connectivity index (χ4n) is 2.94. The van der Waals surface area contributed by atoms with E-state index in [1.54, 1.807) is 34.7 Å². The molecule has 0 spiro atoms. The average Bonchev–Trinajstić information content (AvgIpc) is 2.70. The molecule has 1 amide bonds. The lowest BCUT2D eigenvalue weighted by Crippen LogP contribution is -2.34. The summed E-state index contributed by atoms with van der Waals surface area (Å²) in [4.78, 5) is 32.1. The summed E-state index contributed by atoms with van der Waals surface area (Å²) in [5.74, 6) is -0.0558. The molecule has 1 heterocycles. The van der Waals surface area contributed by atoms with Crippen LogP contribution in [0.25, 0.3) is 10.9 Å². The number of fused-ring (bicyclic) bond motifs is 1. The Labute approximate surface area is 173 Å². The zero-order valence-corrected chi connectivity index (χ0v) is 17.6. The number of thioether (sulfide) groups is 1. The highest BCUT2D eigenvalue weighted by atomic mass is 35.5. The topological polar surface area (TPSA) is 55.2 Å². The molecule has 0 aliphatic heterocycles. The summed E-state index contributed by atoms with van der Waals surface area (Å²) >= 11 is 7.37. The highest BCUT2D eigenvalue weighted by Gasteiger charge is 2.23. The number of carbonyl (C=O) groups is 1. The fraction of sp³-hybridized carbons (Fsp3) is 0.286. The van der Waals surface area contributed by atoms with Crippen LogP contribution in [0.4, 0.5) is 5.69 Å². The highest BCUT2D eigenvalue weighted by molar-refractivity contribution is 8.00. The van der Waals surface area contributed by atoms with Crippen LogP contribution in [0.5, 0.6) is 0 Å². The third kappa shape index (κ3) is 4.23. The molecule has 0 fully saturated rings. The molecular weight excluding hydrogens is 394 g/mol. The van der Waals surface area contributed by atoms with E-state index in [2.05, 4.69) is 4.98 Å². The Kier molecular flexibility index (Phi) is 6.42. The number of halogens is 1. The molecule has 1 atom stereocenters. The lowest BCUT2D eigenvalue weighted by Gasteiger charge is -2.22. The first-order chi connectivity index (χ1) is 13.4. The molecule has 0 aliphatic rings. The molecule has 7 heteroatoms. The number of para-hydroxylation sites is 1. The summed E-state index contributed by atoms with van der Waals surface area (Å²) in [5.41, 5.74) is 1.26. The number of aromatic nitrogens is 2. The second-order valence-corrected chi connectivity index (χ2v) is 8.25. The van der Waals surface area contributed by atoms with Gasteiger partial charge < -0.3 is 4.90 Å². The van der Waals surface area contributed by atoms with Crippen molar-refractivity contribution in [3.63, 3.8) is 0 Å². The van der Waals surface area contributed by atoms with Crippen molar-refractivity contribution >= 4 is 45.9 Å². The minimum atomic E-state index is -0.406. The predicted molar refractivity (Wildman–Crippen MR) is 116 cm³/mol. The van der Waals surface area contributed by atoms with Gasteiger partial charge in [0.15, 0.2) is 5.16 Å². The van der Waals surface area contributed by atoms with E-state index in [1.807, 2.05) is 44.2 Å². The smallest absolute Gasteiger partial charge is 0.262 e. The SMILES string of the molecule is CCCn1c(S[C@@H](C)C(=O)N(C)c2ccccc2)nc2cc(Cl)ccc2c1=O. The number of anilines is 1. The maximum absolute atomic E-state index is 12.9. The van der Waals surface area contributed by atoms with Crippen molar-refractivity contribution in [1.82, 2.24) is 9.55 Å². The molecule has 0 saturated heterocycles. The molecule has 28 heavy (non-hydrogen) atoms. The second kappa shape index (κ2) is 8.80. The van der Waals surface area contributed by atoms with Gasteiger partial charge in [0.05, 0.1) is 16.2 Å². The zero-order chi connectivity index (χ0) is 20.3. The number of hydrogen-bond acceptors (Lipinski definition) is 4. The van der Waals surface area contributed by atoms with E-state index in [0.29, 0.717) is 27.6 Å². The van der Waals surface area contributed by atoms with Gasteiger partial charge in [0.1, 0.15) is 0 Å². The predicted octanol–water partition coefficient (Wildman–Crippen LogP) is 4.60. The van der Waals surface area contributed by atoms with Gasteiger partial charge >= 0.3 is 0 Å². The van der Waals surface area contributed by atoms with Crippen molar-refractivity contribution in [3.05, 3.63) is 63.9 Å².